The highest BCUT2D eigenvalue weighted by Gasteiger charge is 2.07. The zero-order valence-corrected chi connectivity index (χ0v) is 11.9. The molecule has 2 N–H and O–H groups in total. The molecule has 0 aliphatic rings. The van der Waals surface area contributed by atoms with E-state index >= 15 is 0 Å². The van der Waals surface area contributed by atoms with E-state index in [1.54, 1.807) is 12.1 Å². The first kappa shape index (κ1) is 16.2. The van der Waals surface area contributed by atoms with Gasteiger partial charge in [-0.3, -0.25) is 9.59 Å². The van der Waals surface area contributed by atoms with Crippen LogP contribution in [-0.2, 0) is 26.0 Å². The van der Waals surface area contributed by atoms with Crippen molar-refractivity contribution in [1.82, 2.24) is 5.32 Å². The second kappa shape index (κ2) is 7.04. The number of carbonyl (C=O) groups is 2. The predicted molar refractivity (Wildman–Crippen MR) is 72.9 cm³/mol. The number of carbonyl (C=O) groups excluding carboxylic acids is 1. The van der Waals surface area contributed by atoms with Crippen molar-refractivity contribution in [1.29, 1.82) is 0 Å². The van der Waals surface area contributed by atoms with Crippen LogP contribution in [0, 0.1) is 0 Å². The zero-order valence-electron chi connectivity index (χ0n) is 11.1. The van der Waals surface area contributed by atoms with Crippen LogP contribution < -0.4 is 5.32 Å². The van der Waals surface area contributed by atoms with Crippen molar-refractivity contribution >= 4 is 21.7 Å². The van der Waals surface area contributed by atoms with E-state index in [0.717, 1.165) is 11.8 Å². The summed E-state index contributed by atoms with van der Waals surface area (Å²) in [5.74, 6) is -1.15. The molecule has 7 heteroatoms. The van der Waals surface area contributed by atoms with E-state index in [9.17, 15) is 18.0 Å². The second-order valence-corrected chi connectivity index (χ2v) is 6.46. The molecule has 0 fully saturated rings. The number of nitrogens with one attached hydrogen (secondary N) is 1. The molecule has 0 spiro atoms. The van der Waals surface area contributed by atoms with Gasteiger partial charge in [-0.1, -0.05) is 12.1 Å². The summed E-state index contributed by atoms with van der Waals surface area (Å²) in [6, 6.07) is 6.24. The topological polar surface area (TPSA) is 101 Å². The van der Waals surface area contributed by atoms with Crippen LogP contribution in [0.25, 0.3) is 0 Å². The number of hydrogen-bond donors (Lipinski definition) is 2. The van der Waals surface area contributed by atoms with Crippen LogP contribution in [-0.4, -0.2) is 31.7 Å². The van der Waals surface area contributed by atoms with Crippen LogP contribution in [0.15, 0.2) is 29.2 Å². The predicted octanol–water partition coefficient (Wildman–Crippen LogP) is 0.961. The summed E-state index contributed by atoms with van der Waals surface area (Å²) in [6.07, 6.45) is 1.56. The fourth-order valence-corrected chi connectivity index (χ4v) is 2.17. The lowest BCUT2D eigenvalue weighted by atomic mass is 10.2. The minimum atomic E-state index is -3.21. The van der Waals surface area contributed by atoms with Gasteiger partial charge in [-0.2, -0.15) is 0 Å². The molecule has 0 radical (unpaired) electrons. The Balaban J connectivity index is 2.42. The van der Waals surface area contributed by atoms with E-state index in [1.165, 1.54) is 12.1 Å². The third kappa shape index (κ3) is 5.83. The molecule has 0 aliphatic carbocycles. The van der Waals surface area contributed by atoms with Crippen LogP contribution in [0.3, 0.4) is 0 Å². The van der Waals surface area contributed by atoms with Crippen molar-refractivity contribution in [2.75, 3.05) is 6.26 Å². The van der Waals surface area contributed by atoms with Crippen LogP contribution in [0.4, 0.5) is 0 Å². The van der Waals surface area contributed by atoms with Gasteiger partial charge in [0.05, 0.1) is 4.90 Å². The van der Waals surface area contributed by atoms with E-state index in [1.807, 2.05) is 0 Å². The molecule has 6 nitrogen and oxygen atoms in total. The van der Waals surface area contributed by atoms with Gasteiger partial charge in [0, 0.05) is 25.6 Å². The number of amides is 1. The Hall–Kier alpha value is -1.89. The Labute approximate surface area is 117 Å². The maximum Gasteiger partial charge on any atom is 0.303 e. The van der Waals surface area contributed by atoms with Gasteiger partial charge in [-0.05, 0) is 24.1 Å². The van der Waals surface area contributed by atoms with Gasteiger partial charge >= 0.3 is 5.97 Å². The Morgan fingerprint density at radius 1 is 1.15 bits per heavy atom. The summed E-state index contributed by atoms with van der Waals surface area (Å²) in [4.78, 5) is 21.9. The van der Waals surface area contributed by atoms with Crippen molar-refractivity contribution in [2.45, 2.75) is 30.7 Å². The number of rotatable bonds is 7. The minimum Gasteiger partial charge on any atom is -0.481 e. The van der Waals surface area contributed by atoms with Gasteiger partial charge in [0.15, 0.2) is 9.84 Å². The SMILES string of the molecule is CS(=O)(=O)c1ccc(CNC(=O)CCCC(=O)O)cc1. The summed E-state index contributed by atoms with van der Waals surface area (Å²) in [7, 11) is -3.21. The highest BCUT2D eigenvalue weighted by molar-refractivity contribution is 7.90. The monoisotopic (exact) mass is 299 g/mol. The lowest BCUT2D eigenvalue weighted by Gasteiger charge is -2.05. The zero-order chi connectivity index (χ0) is 15.2. The van der Waals surface area contributed by atoms with Gasteiger partial charge in [0.25, 0.3) is 0 Å². The highest BCUT2D eigenvalue weighted by atomic mass is 32.2. The summed E-state index contributed by atoms with van der Waals surface area (Å²) in [5, 5.41) is 11.1. The van der Waals surface area contributed by atoms with E-state index in [-0.39, 0.29) is 30.2 Å². The van der Waals surface area contributed by atoms with Crippen LogP contribution in [0.1, 0.15) is 24.8 Å². The molecule has 1 rings (SSSR count). The molecule has 0 bridgehead atoms. The minimum absolute atomic E-state index is 0.0313. The second-order valence-electron chi connectivity index (χ2n) is 4.44. The van der Waals surface area contributed by atoms with Crippen molar-refractivity contribution in [3.63, 3.8) is 0 Å². The molecule has 0 saturated heterocycles. The van der Waals surface area contributed by atoms with Gasteiger partial charge in [-0.15, -0.1) is 0 Å². The molecule has 1 aromatic rings. The Morgan fingerprint density at radius 3 is 2.25 bits per heavy atom. The quantitative estimate of drug-likeness (QED) is 0.781. The summed E-state index contributed by atoms with van der Waals surface area (Å²) in [5.41, 5.74) is 0.781. The number of carboxylic acid groups (broad SMARTS) is 1. The van der Waals surface area contributed by atoms with Crippen molar-refractivity contribution in [3.05, 3.63) is 29.8 Å². The van der Waals surface area contributed by atoms with Crippen molar-refractivity contribution in [2.24, 2.45) is 0 Å². The highest BCUT2D eigenvalue weighted by Crippen LogP contribution is 2.10. The normalized spacial score (nSPS) is 11.1. The van der Waals surface area contributed by atoms with Crippen molar-refractivity contribution in [3.8, 4) is 0 Å². The smallest absolute Gasteiger partial charge is 0.303 e. The Bertz CT molecular complexity index is 577. The molecule has 110 valence electrons. The standard InChI is InChI=1S/C13H17NO5S/c1-20(18,19)11-7-5-10(6-8-11)9-14-12(15)3-2-4-13(16)17/h5-8H,2-4,9H2,1H3,(H,14,15)(H,16,17). The number of hydrogen-bond acceptors (Lipinski definition) is 4. The molecule has 0 aliphatic heterocycles. The fourth-order valence-electron chi connectivity index (χ4n) is 1.54. The summed E-state index contributed by atoms with van der Waals surface area (Å²) < 4.78 is 22.5. The Kier molecular flexibility index (Phi) is 5.69. The molecule has 1 aromatic carbocycles. The number of sulfone groups is 1. The lowest BCUT2D eigenvalue weighted by Crippen LogP contribution is -2.22. The van der Waals surface area contributed by atoms with Crippen LogP contribution in [0.2, 0.25) is 0 Å². The first-order valence-corrected chi connectivity index (χ1v) is 7.95. The molecular weight excluding hydrogens is 282 g/mol. The van der Waals surface area contributed by atoms with Crippen LogP contribution >= 0.6 is 0 Å². The van der Waals surface area contributed by atoms with Gasteiger partial charge in [-0.25, -0.2) is 8.42 Å². The maximum atomic E-state index is 11.4. The number of aliphatic carboxylic acids is 1. The molecule has 0 heterocycles. The largest absolute Gasteiger partial charge is 0.481 e. The first-order valence-electron chi connectivity index (χ1n) is 6.06. The van der Waals surface area contributed by atoms with Crippen LogP contribution in [0.5, 0.6) is 0 Å². The average molecular weight is 299 g/mol. The summed E-state index contributed by atoms with van der Waals surface area (Å²) in [6.45, 7) is 0.288. The first-order chi connectivity index (χ1) is 9.29. The fraction of sp³-hybridized carbons (Fsp3) is 0.385. The van der Waals surface area contributed by atoms with E-state index in [4.69, 9.17) is 5.11 Å². The number of benzene rings is 1. The van der Waals surface area contributed by atoms with Gasteiger partial charge in [0.2, 0.25) is 5.91 Å². The van der Waals surface area contributed by atoms with Gasteiger partial charge in [0.1, 0.15) is 0 Å². The van der Waals surface area contributed by atoms with E-state index in [0.29, 0.717) is 6.42 Å². The van der Waals surface area contributed by atoms with E-state index in [2.05, 4.69) is 5.32 Å². The molecule has 0 aromatic heterocycles. The molecular formula is C13H17NO5S. The maximum absolute atomic E-state index is 11.4. The molecule has 0 saturated carbocycles. The summed E-state index contributed by atoms with van der Waals surface area (Å²) >= 11 is 0. The number of carboxylic acids is 1. The third-order valence-corrected chi connectivity index (χ3v) is 3.76. The van der Waals surface area contributed by atoms with Gasteiger partial charge < -0.3 is 10.4 Å². The molecule has 0 unspecified atom stereocenters. The van der Waals surface area contributed by atoms with E-state index < -0.39 is 15.8 Å². The Morgan fingerprint density at radius 2 is 1.75 bits per heavy atom. The molecule has 20 heavy (non-hydrogen) atoms. The lowest BCUT2D eigenvalue weighted by molar-refractivity contribution is -0.137. The average Bonchev–Trinajstić information content (AvgIpc) is 2.35. The van der Waals surface area contributed by atoms with Crippen molar-refractivity contribution < 1.29 is 23.1 Å². The third-order valence-electron chi connectivity index (χ3n) is 2.64. The molecule has 0 atom stereocenters. The molecule has 1 amide bonds.